The van der Waals surface area contributed by atoms with Gasteiger partial charge in [0.2, 0.25) is 23.6 Å². The van der Waals surface area contributed by atoms with E-state index in [2.05, 4.69) is 37.2 Å². The second-order valence-corrected chi connectivity index (χ2v) is 12.9. The molecular weight excluding hydrogens is 636 g/mol. The lowest BCUT2D eigenvalue weighted by molar-refractivity contribution is -0.148. The van der Waals surface area contributed by atoms with Crippen LogP contribution in [0.25, 0.3) is 0 Å². The van der Waals surface area contributed by atoms with Crippen LogP contribution in [0.1, 0.15) is 83.1 Å². The molecule has 49 heavy (non-hydrogen) atoms. The van der Waals surface area contributed by atoms with Crippen LogP contribution in [0.4, 0.5) is 10.5 Å². The number of primary amides is 1. The summed E-state index contributed by atoms with van der Waals surface area (Å²) in [6, 6.07) is 0.734. The van der Waals surface area contributed by atoms with Crippen molar-refractivity contribution in [2.75, 3.05) is 25.0 Å². The van der Waals surface area contributed by atoms with Crippen molar-refractivity contribution in [2.45, 2.75) is 98.0 Å². The van der Waals surface area contributed by atoms with Gasteiger partial charge in [-0.05, 0) is 37.3 Å². The average Bonchev–Trinajstić information content (AvgIpc) is 3.03. The molecule has 2 rings (SSSR count). The van der Waals surface area contributed by atoms with Crippen LogP contribution in [0.3, 0.4) is 0 Å². The quantitative estimate of drug-likeness (QED) is 0.125. The Hall–Kier alpha value is -4.73. The molecule has 1 heterocycles. The van der Waals surface area contributed by atoms with Crippen molar-refractivity contribution in [3.05, 3.63) is 29.3 Å². The van der Waals surface area contributed by atoms with Gasteiger partial charge in [-0.2, -0.15) is 0 Å². The number of hydrogen-bond donors (Lipinski definition) is 8. The van der Waals surface area contributed by atoms with Crippen molar-refractivity contribution in [2.24, 2.45) is 17.6 Å². The first-order valence-electron chi connectivity index (χ1n) is 16.6. The third kappa shape index (κ3) is 14.1. The topological polar surface area (TPSA) is 239 Å². The molecule has 16 heteroatoms. The van der Waals surface area contributed by atoms with Crippen LogP contribution < -0.4 is 43.0 Å². The van der Waals surface area contributed by atoms with E-state index in [4.69, 9.17) is 10.5 Å². The Labute approximate surface area is 287 Å². The minimum absolute atomic E-state index is 0.000704. The molecule has 0 fully saturated rings. The van der Waals surface area contributed by atoms with E-state index in [0.717, 1.165) is 0 Å². The van der Waals surface area contributed by atoms with E-state index in [1.807, 2.05) is 13.8 Å². The largest absolute Gasteiger partial charge is 0.461 e. The Bertz CT molecular complexity index is 1350. The Kier molecular flexibility index (Phi) is 16.5. The van der Waals surface area contributed by atoms with Crippen LogP contribution in [0.15, 0.2) is 18.2 Å². The van der Waals surface area contributed by atoms with Gasteiger partial charge < -0.3 is 47.7 Å². The summed E-state index contributed by atoms with van der Waals surface area (Å²) in [5.74, 6) is -3.76. The van der Waals surface area contributed by atoms with Gasteiger partial charge in [0.1, 0.15) is 18.7 Å². The molecule has 2 bridgehead atoms. The molecule has 1 aromatic carbocycles. The fraction of sp³-hybridized carbons (Fsp3) is 0.606. The SMILES string of the molecule is CC(C)N[C@H]1CCC(=O)NCCNC(=O)c2cc(ccc2COC(=O)C(C)C)NC(=O)[C@H](CCCNC(N)=O)NC(=O)[C@H](C(C)C)NC1=O. The molecule has 7 amide bonds. The van der Waals surface area contributed by atoms with Gasteiger partial charge in [-0.15, -0.1) is 0 Å². The molecule has 0 aliphatic carbocycles. The molecule has 0 spiro atoms. The highest BCUT2D eigenvalue weighted by Gasteiger charge is 2.31. The number of esters is 1. The standard InChI is InChI=1S/C33H52N8O8/c1-18(2)27-31(46)40-24(8-7-13-37-33(34)48)29(44)39-22-10-9-21(17-49-32(47)19(3)4)23(16-22)28(43)36-15-14-35-26(42)12-11-25(30(45)41-27)38-20(5)6/h9-10,16,18-20,24-25,27,38H,7-8,11-15,17H2,1-6H3,(H,35,42)(H,36,43)(H,39,44)(H,40,46)(H,41,45)(H3,34,37,48)/t24-,25-,27-/m0/s1. The molecule has 1 aliphatic heterocycles. The number of ether oxygens (including phenoxy) is 1. The Morgan fingerprint density at radius 1 is 0.939 bits per heavy atom. The van der Waals surface area contributed by atoms with E-state index < -0.39 is 53.8 Å². The number of fused-ring (bicyclic) bond motifs is 2. The zero-order valence-corrected chi connectivity index (χ0v) is 29.2. The Balaban J connectivity index is 2.48. The summed E-state index contributed by atoms with van der Waals surface area (Å²) in [5.41, 5.74) is 5.91. The maximum Gasteiger partial charge on any atom is 0.312 e. The van der Waals surface area contributed by atoms with Gasteiger partial charge in [0.05, 0.1) is 12.0 Å². The molecule has 0 saturated carbocycles. The lowest BCUT2D eigenvalue weighted by Crippen LogP contribution is -2.58. The number of urea groups is 1. The fourth-order valence-electron chi connectivity index (χ4n) is 4.90. The Morgan fingerprint density at radius 3 is 2.27 bits per heavy atom. The van der Waals surface area contributed by atoms with Crippen LogP contribution in [0.5, 0.6) is 0 Å². The van der Waals surface area contributed by atoms with Crippen LogP contribution in [-0.4, -0.2) is 85.3 Å². The summed E-state index contributed by atoms with van der Waals surface area (Å²) >= 11 is 0. The van der Waals surface area contributed by atoms with Crippen LogP contribution in [-0.2, 0) is 35.3 Å². The number of amides is 7. The zero-order valence-electron chi connectivity index (χ0n) is 29.2. The normalized spacial score (nSPS) is 20.1. The number of benzene rings is 1. The highest BCUT2D eigenvalue weighted by Crippen LogP contribution is 2.19. The number of nitrogens with one attached hydrogen (secondary N) is 7. The van der Waals surface area contributed by atoms with E-state index in [-0.39, 0.29) is 87.0 Å². The van der Waals surface area contributed by atoms with Gasteiger partial charge >= 0.3 is 12.0 Å². The van der Waals surface area contributed by atoms with Crippen LogP contribution >= 0.6 is 0 Å². The number of nitrogens with two attached hydrogens (primary N) is 1. The number of carbonyl (C=O) groups excluding carboxylic acids is 7. The summed E-state index contributed by atoms with van der Waals surface area (Å²) in [7, 11) is 0. The first kappa shape index (κ1) is 40.4. The number of hydrogen-bond acceptors (Lipinski definition) is 9. The lowest BCUT2D eigenvalue weighted by atomic mass is 10.0. The molecular formula is C33H52N8O8. The van der Waals surface area contributed by atoms with Crippen molar-refractivity contribution in [3.63, 3.8) is 0 Å². The molecule has 0 unspecified atom stereocenters. The zero-order chi connectivity index (χ0) is 36.7. The molecule has 0 radical (unpaired) electrons. The molecule has 16 nitrogen and oxygen atoms in total. The minimum atomic E-state index is -1.11. The van der Waals surface area contributed by atoms with Gasteiger partial charge in [-0.25, -0.2) is 4.79 Å². The fourth-order valence-corrected chi connectivity index (χ4v) is 4.90. The van der Waals surface area contributed by atoms with Crippen molar-refractivity contribution >= 4 is 47.2 Å². The molecule has 272 valence electrons. The van der Waals surface area contributed by atoms with Crippen LogP contribution in [0, 0.1) is 11.8 Å². The van der Waals surface area contributed by atoms with E-state index in [1.54, 1.807) is 33.8 Å². The van der Waals surface area contributed by atoms with Gasteiger partial charge in [-0.3, -0.25) is 28.8 Å². The first-order valence-corrected chi connectivity index (χ1v) is 16.6. The summed E-state index contributed by atoms with van der Waals surface area (Å²) in [5, 5.41) is 19.3. The molecule has 9 N–H and O–H groups in total. The van der Waals surface area contributed by atoms with E-state index in [0.29, 0.717) is 5.56 Å². The minimum Gasteiger partial charge on any atom is -0.461 e. The van der Waals surface area contributed by atoms with E-state index in [1.165, 1.54) is 12.1 Å². The van der Waals surface area contributed by atoms with E-state index in [9.17, 15) is 33.6 Å². The smallest absolute Gasteiger partial charge is 0.312 e. The van der Waals surface area contributed by atoms with E-state index >= 15 is 0 Å². The highest BCUT2D eigenvalue weighted by atomic mass is 16.5. The monoisotopic (exact) mass is 688 g/mol. The third-order valence-corrected chi connectivity index (χ3v) is 7.56. The second kappa shape index (κ2) is 19.9. The highest BCUT2D eigenvalue weighted by molar-refractivity contribution is 6.01. The summed E-state index contributed by atoms with van der Waals surface area (Å²) in [6.45, 7) is 10.7. The van der Waals surface area contributed by atoms with Gasteiger partial charge in [0, 0.05) is 48.9 Å². The second-order valence-electron chi connectivity index (χ2n) is 12.9. The van der Waals surface area contributed by atoms with Gasteiger partial charge in [-0.1, -0.05) is 47.6 Å². The van der Waals surface area contributed by atoms with Crippen LogP contribution in [0.2, 0.25) is 0 Å². The molecule has 3 atom stereocenters. The maximum absolute atomic E-state index is 13.6. The summed E-state index contributed by atoms with van der Waals surface area (Å²) < 4.78 is 5.35. The third-order valence-electron chi connectivity index (χ3n) is 7.56. The maximum atomic E-state index is 13.6. The molecule has 1 aromatic rings. The lowest BCUT2D eigenvalue weighted by Gasteiger charge is -2.28. The molecule has 0 saturated heterocycles. The first-order chi connectivity index (χ1) is 23.1. The molecule has 0 aromatic heterocycles. The van der Waals surface area contributed by atoms with Crippen molar-refractivity contribution in [1.29, 1.82) is 0 Å². The van der Waals surface area contributed by atoms with Crippen molar-refractivity contribution in [3.8, 4) is 0 Å². The number of rotatable bonds is 10. The predicted octanol–water partition coefficient (Wildman–Crippen LogP) is 0.405. The average molecular weight is 689 g/mol. The summed E-state index contributed by atoms with van der Waals surface area (Å²) in [4.78, 5) is 89.9. The summed E-state index contributed by atoms with van der Waals surface area (Å²) in [6.07, 6.45) is 0.507. The molecule has 1 aliphatic rings. The number of carbonyl (C=O) groups is 7. The van der Waals surface area contributed by atoms with Crippen molar-refractivity contribution in [1.82, 2.24) is 31.9 Å². The van der Waals surface area contributed by atoms with Crippen molar-refractivity contribution < 1.29 is 38.3 Å². The van der Waals surface area contributed by atoms with Gasteiger partial charge in [0.25, 0.3) is 5.91 Å². The number of anilines is 1. The van der Waals surface area contributed by atoms with Gasteiger partial charge in [0.15, 0.2) is 0 Å². The predicted molar refractivity (Wildman–Crippen MR) is 182 cm³/mol. The Morgan fingerprint density at radius 2 is 1.63 bits per heavy atom.